The van der Waals surface area contributed by atoms with E-state index in [1.807, 2.05) is 55.1 Å². The van der Waals surface area contributed by atoms with Gasteiger partial charge in [0.1, 0.15) is 0 Å². The molecule has 0 spiro atoms. The molecule has 0 radical (unpaired) electrons. The molecule has 1 heterocycles. The molecule has 1 aromatic carbocycles. The average molecular weight is 316 g/mol. The van der Waals surface area contributed by atoms with Gasteiger partial charge in [-0.05, 0) is 36.1 Å². The molecule has 1 aromatic heterocycles. The van der Waals surface area contributed by atoms with Crippen molar-refractivity contribution >= 4 is 11.7 Å². The molecule has 0 saturated carbocycles. The number of hydrogen-bond acceptors (Lipinski definition) is 3. The zero-order valence-electron chi connectivity index (χ0n) is 13.6. The third-order valence-electron chi connectivity index (χ3n) is 3.65. The normalized spacial score (nSPS) is 12.2. The van der Waals surface area contributed by atoms with Crippen LogP contribution in [0.5, 0.6) is 0 Å². The summed E-state index contributed by atoms with van der Waals surface area (Å²) in [7, 11) is 0. The summed E-state index contributed by atoms with van der Waals surface area (Å²) in [6.07, 6.45) is 4.18. The zero-order valence-corrected chi connectivity index (χ0v) is 13.6. The Morgan fingerprint density at radius 2 is 2.17 bits per heavy atom. The predicted molar refractivity (Wildman–Crippen MR) is 90.3 cm³/mol. The minimum atomic E-state index is -0.256. The summed E-state index contributed by atoms with van der Waals surface area (Å²) in [4.78, 5) is 12.1. The fourth-order valence-corrected chi connectivity index (χ4v) is 2.38. The third kappa shape index (κ3) is 5.41. The highest BCUT2D eigenvalue weighted by Gasteiger charge is 2.15. The van der Waals surface area contributed by atoms with Gasteiger partial charge < -0.3 is 15.7 Å². The van der Waals surface area contributed by atoms with Crippen LogP contribution in [-0.2, 0) is 6.54 Å². The van der Waals surface area contributed by atoms with Crippen molar-refractivity contribution in [2.45, 2.75) is 32.9 Å². The van der Waals surface area contributed by atoms with Crippen molar-refractivity contribution < 1.29 is 9.90 Å². The minimum Gasteiger partial charge on any atom is -0.396 e. The van der Waals surface area contributed by atoms with Gasteiger partial charge in [0, 0.05) is 30.7 Å². The lowest BCUT2D eigenvalue weighted by atomic mass is 10.0. The first-order chi connectivity index (χ1) is 11.1. The van der Waals surface area contributed by atoms with Crippen LogP contribution in [0.25, 0.3) is 0 Å². The van der Waals surface area contributed by atoms with Crippen LogP contribution < -0.4 is 10.6 Å². The fourth-order valence-electron chi connectivity index (χ4n) is 2.38. The third-order valence-corrected chi connectivity index (χ3v) is 3.65. The Balaban J connectivity index is 1.95. The molecule has 6 nitrogen and oxygen atoms in total. The van der Waals surface area contributed by atoms with E-state index in [0.717, 1.165) is 11.3 Å². The van der Waals surface area contributed by atoms with E-state index < -0.39 is 0 Å². The second kappa shape index (κ2) is 8.33. The Bertz CT molecular complexity index is 611. The second-order valence-electron chi connectivity index (χ2n) is 5.87. The van der Waals surface area contributed by atoms with Crippen LogP contribution in [0.4, 0.5) is 10.5 Å². The highest BCUT2D eigenvalue weighted by molar-refractivity contribution is 5.89. The van der Waals surface area contributed by atoms with Crippen molar-refractivity contribution in [3.63, 3.8) is 0 Å². The molecular weight excluding hydrogens is 292 g/mol. The molecule has 6 heteroatoms. The summed E-state index contributed by atoms with van der Waals surface area (Å²) in [5.74, 6) is 0.263. The quantitative estimate of drug-likeness (QED) is 0.734. The van der Waals surface area contributed by atoms with Crippen LogP contribution in [0.3, 0.4) is 0 Å². The molecule has 0 aliphatic carbocycles. The Labute approximate surface area is 136 Å². The van der Waals surface area contributed by atoms with Crippen molar-refractivity contribution in [2.75, 3.05) is 11.9 Å². The van der Waals surface area contributed by atoms with Crippen LogP contribution in [0, 0.1) is 5.92 Å². The number of aliphatic hydroxyl groups excluding tert-OH is 1. The first kappa shape index (κ1) is 17.0. The lowest BCUT2D eigenvalue weighted by molar-refractivity contribution is 0.227. The summed E-state index contributed by atoms with van der Waals surface area (Å²) >= 11 is 0. The maximum atomic E-state index is 12.1. The molecule has 23 heavy (non-hydrogen) atoms. The van der Waals surface area contributed by atoms with E-state index in [0.29, 0.717) is 13.0 Å². The van der Waals surface area contributed by atoms with Gasteiger partial charge in [0.2, 0.25) is 0 Å². The maximum Gasteiger partial charge on any atom is 0.319 e. The van der Waals surface area contributed by atoms with Crippen molar-refractivity contribution in [3.05, 3.63) is 48.3 Å². The van der Waals surface area contributed by atoms with E-state index >= 15 is 0 Å². The topological polar surface area (TPSA) is 79.2 Å². The Morgan fingerprint density at radius 1 is 1.35 bits per heavy atom. The number of aliphatic hydroxyl groups is 1. The highest BCUT2D eigenvalue weighted by atomic mass is 16.3. The van der Waals surface area contributed by atoms with Crippen LogP contribution >= 0.6 is 0 Å². The number of hydrogen-bond donors (Lipinski definition) is 3. The first-order valence-electron chi connectivity index (χ1n) is 7.83. The van der Waals surface area contributed by atoms with Gasteiger partial charge in [-0.15, -0.1) is 0 Å². The number of urea groups is 1. The lowest BCUT2D eigenvalue weighted by Gasteiger charge is -2.21. The lowest BCUT2D eigenvalue weighted by Crippen LogP contribution is -2.41. The molecular formula is C17H24N4O2. The van der Waals surface area contributed by atoms with Gasteiger partial charge in [-0.25, -0.2) is 4.79 Å². The van der Waals surface area contributed by atoms with Crippen molar-refractivity contribution in [1.29, 1.82) is 0 Å². The molecule has 0 fully saturated rings. The molecule has 1 unspecified atom stereocenters. The molecule has 2 rings (SSSR count). The van der Waals surface area contributed by atoms with E-state index in [4.69, 9.17) is 5.11 Å². The second-order valence-corrected chi connectivity index (χ2v) is 5.87. The number of rotatable bonds is 7. The molecule has 124 valence electrons. The SMILES string of the molecule is CC(C)C(CCO)NC(=O)Nc1cccc(Cn2cccn2)c1. The largest absolute Gasteiger partial charge is 0.396 e. The van der Waals surface area contributed by atoms with E-state index in [-0.39, 0.29) is 24.6 Å². The molecule has 0 bridgehead atoms. The van der Waals surface area contributed by atoms with E-state index in [9.17, 15) is 4.79 Å². The first-order valence-corrected chi connectivity index (χ1v) is 7.83. The standard InChI is InChI=1S/C17H24N4O2/c1-13(2)16(7-10-22)20-17(23)19-15-6-3-5-14(11-15)12-21-9-4-8-18-21/h3-6,8-9,11,13,16,22H,7,10,12H2,1-2H3,(H2,19,20,23). The molecule has 3 N–H and O–H groups in total. The fraction of sp³-hybridized carbons (Fsp3) is 0.412. The number of aromatic nitrogens is 2. The van der Waals surface area contributed by atoms with Gasteiger partial charge in [0.15, 0.2) is 0 Å². The van der Waals surface area contributed by atoms with E-state index in [2.05, 4.69) is 15.7 Å². The van der Waals surface area contributed by atoms with E-state index in [1.54, 1.807) is 6.20 Å². The van der Waals surface area contributed by atoms with Crippen LogP contribution in [0.2, 0.25) is 0 Å². The summed E-state index contributed by atoms with van der Waals surface area (Å²) < 4.78 is 1.83. The molecule has 0 aliphatic rings. The summed E-state index contributed by atoms with van der Waals surface area (Å²) in [5.41, 5.74) is 1.79. The number of nitrogens with zero attached hydrogens (tertiary/aromatic N) is 2. The smallest absolute Gasteiger partial charge is 0.319 e. The van der Waals surface area contributed by atoms with Gasteiger partial charge in [0.05, 0.1) is 6.54 Å². The highest BCUT2D eigenvalue weighted by Crippen LogP contribution is 2.12. The number of nitrogens with one attached hydrogen (secondary N) is 2. The van der Waals surface area contributed by atoms with Crippen LogP contribution in [0.1, 0.15) is 25.8 Å². The van der Waals surface area contributed by atoms with Gasteiger partial charge >= 0.3 is 6.03 Å². The van der Waals surface area contributed by atoms with Crippen molar-refractivity contribution in [3.8, 4) is 0 Å². The minimum absolute atomic E-state index is 0.0488. The van der Waals surface area contributed by atoms with E-state index in [1.165, 1.54) is 0 Å². The number of carbonyl (C=O) groups excluding carboxylic acids is 1. The number of benzene rings is 1. The maximum absolute atomic E-state index is 12.1. The Morgan fingerprint density at radius 3 is 2.83 bits per heavy atom. The van der Waals surface area contributed by atoms with Gasteiger partial charge in [0.25, 0.3) is 0 Å². The van der Waals surface area contributed by atoms with Crippen LogP contribution in [0.15, 0.2) is 42.7 Å². The Kier molecular flexibility index (Phi) is 6.17. The number of anilines is 1. The molecule has 1 atom stereocenters. The van der Waals surface area contributed by atoms with Gasteiger partial charge in [-0.3, -0.25) is 4.68 Å². The average Bonchev–Trinajstić information content (AvgIpc) is 3.00. The monoisotopic (exact) mass is 316 g/mol. The van der Waals surface area contributed by atoms with Gasteiger partial charge in [-0.2, -0.15) is 5.10 Å². The number of carbonyl (C=O) groups is 1. The Hall–Kier alpha value is -2.34. The predicted octanol–water partition coefficient (Wildman–Crippen LogP) is 2.46. The molecule has 2 aromatic rings. The zero-order chi connectivity index (χ0) is 16.7. The van der Waals surface area contributed by atoms with Crippen LogP contribution in [-0.4, -0.2) is 33.6 Å². The molecule has 0 saturated heterocycles. The summed E-state index contributed by atoms with van der Waals surface area (Å²) in [5, 5.41) is 19.0. The molecule has 2 amide bonds. The van der Waals surface area contributed by atoms with Crippen molar-refractivity contribution in [2.24, 2.45) is 5.92 Å². The van der Waals surface area contributed by atoms with Crippen molar-refractivity contribution in [1.82, 2.24) is 15.1 Å². The molecule has 0 aliphatic heterocycles. The summed E-state index contributed by atoms with van der Waals surface area (Å²) in [6.45, 7) is 4.75. The van der Waals surface area contributed by atoms with Gasteiger partial charge in [-0.1, -0.05) is 26.0 Å². The summed E-state index contributed by atoms with van der Waals surface area (Å²) in [6, 6.07) is 9.25. The number of amides is 2.